The zero-order valence-corrected chi connectivity index (χ0v) is 6.27. The van der Waals surface area contributed by atoms with Crippen LogP contribution in [-0.2, 0) is 12.4 Å². The molecule has 2 heteroatoms. The predicted octanol–water partition coefficient (Wildman–Crippen LogP) is 2.39. The van der Waals surface area contributed by atoms with E-state index in [2.05, 4.69) is 23.4 Å². The third-order valence-corrected chi connectivity index (χ3v) is 1.44. The molecule has 0 amide bonds. The maximum absolute atomic E-state index is 4.48. The number of hydrogen-bond acceptors (Lipinski definition) is 2. The summed E-state index contributed by atoms with van der Waals surface area (Å²) in [6.45, 7) is 3.67. The van der Waals surface area contributed by atoms with Crippen LogP contribution in [0.4, 0.5) is 0 Å². The van der Waals surface area contributed by atoms with E-state index in [4.69, 9.17) is 0 Å². The maximum Gasteiger partial charge on any atom is 0.0769 e. The van der Waals surface area contributed by atoms with Crippen LogP contribution in [0.2, 0.25) is 0 Å². The first-order chi connectivity index (χ1) is 4.84. The van der Waals surface area contributed by atoms with E-state index in [0.717, 1.165) is 5.56 Å². The van der Waals surface area contributed by atoms with Crippen LogP contribution in [0, 0.1) is 0 Å². The lowest BCUT2D eigenvalue weighted by Gasteiger charge is -1.94. The van der Waals surface area contributed by atoms with E-state index >= 15 is 0 Å². The minimum Gasteiger partial charge on any atom is -0.182 e. The number of rotatable bonds is 2. The van der Waals surface area contributed by atoms with Crippen LogP contribution in [0.15, 0.2) is 41.3 Å². The van der Waals surface area contributed by atoms with Crippen molar-refractivity contribution in [3.63, 3.8) is 0 Å². The van der Waals surface area contributed by atoms with Gasteiger partial charge in [0.2, 0.25) is 0 Å². The molecule has 0 saturated carbocycles. The topological polar surface area (TPSA) is 12.4 Å². The van der Waals surface area contributed by atoms with Gasteiger partial charge < -0.3 is 0 Å². The van der Waals surface area contributed by atoms with Crippen LogP contribution in [0.25, 0.3) is 5.70 Å². The summed E-state index contributed by atoms with van der Waals surface area (Å²) in [5.41, 5.74) is 1.63. The molecule has 0 heterocycles. The van der Waals surface area contributed by atoms with Crippen LogP contribution >= 0.6 is 0 Å². The Morgan fingerprint density at radius 1 is 1.30 bits per heavy atom. The molecule has 1 nitrogen and oxygen atoms in total. The second-order valence-electron chi connectivity index (χ2n) is 1.90. The van der Waals surface area contributed by atoms with Crippen LogP contribution in [-0.4, -0.2) is 0 Å². The first-order valence-corrected chi connectivity index (χ1v) is 3.29. The second kappa shape index (κ2) is 3.22. The number of benzene rings is 1. The molecular weight excluding hydrogens is 142 g/mol. The van der Waals surface area contributed by atoms with Crippen molar-refractivity contribution in [3.05, 3.63) is 42.5 Å². The molecule has 0 aliphatic rings. The van der Waals surface area contributed by atoms with Gasteiger partial charge in [-0.15, -0.1) is 0 Å². The quantitative estimate of drug-likeness (QED) is 0.629. The fourth-order valence-electron chi connectivity index (χ4n) is 0.683. The Hall–Kier alpha value is -1.02. The molecule has 0 radical (unpaired) electrons. The van der Waals surface area contributed by atoms with Crippen LogP contribution in [0.1, 0.15) is 5.56 Å². The molecule has 0 atom stereocenters. The van der Waals surface area contributed by atoms with Crippen molar-refractivity contribution in [1.29, 1.82) is 0 Å². The zero-order valence-electron chi connectivity index (χ0n) is 5.45. The molecule has 0 aromatic heterocycles. The van der Waals surface area contributed by atoms with Crippen molar-refractivity contribution in [2.45, 2.75) is 0 Å². The van der Waals surface area contributed by atoms with Crippen molar-refractivity contribution < 1.29 is 0 Å². The molecule has 0 N–H and O–H groups in total. The van der Waals surface area contributed by atoms with Gasteiger partial charge in [0.1, 0.15) is 0 Å². The number of nitrogens with zero attached hydrogens (tertiary/aromatic N) is 1. The van der Waals surface area contributed by atoms with E-state index in [1.54, 1.807) is 0 Å². The average molecular weight is 149 g/mol. The summed E-state index contributed by atoms with van der Waals surface area (Å²) in [5.74, 6) is 0. The molecule has 0 fully saturated rings. The molecule has 0 bridgehead atoms. The highest BCUT2D eigenvalue weighted by molar-refractivity contribution is 7.47. The Kier molecular flexibility index (Phi) is 2.29. The minimum atomic E-state index is 0.649. The summed E-state index contributed by atoms with van der Waals surface area (Å²) in [7, 11) is 0. The highest BCUT2D eigenvalue weighted by Gasteiger charge is 1.91. The fraction of sp³-hybridized carbons (Fsp3) is 0. The van der Waals surface area contributed by atoms with Gasteiger partial charge in [-0.1, -0.05) is 36.9 Å². The van der Waals surface area contributed by atoms with Gasteiger partial charge in [0.05, 0.1) is 5.70 Å². The largest absolute Gasteiger partial charge is 0.182 e. The van der Waals surface area contributed by atoms with Crippen LogP contribution in [0.5, 0.6) is 0 Å². The van der Waals surface area contributed by atoms with E-state index in [9.17, 15) is 0 Å². The van der Waals surface area contributed by atoms with Gasteiger partial charge in [-0.05, 0) is 0 Å². The van der Waals surface area contributed by atoms with Crippen molar-refractivity contribution in [3.8, 4) is 0 Å². The third-order valence-electron chi connectivity index (χ3n) is 1.22. The van der Waals surface area contributed by atoms with Crippen molar-refractivity contribution in [1.82, 2.24) is 0 Å². The first-order valence-electron chi connectivity index (χ1n) is 2.92. The van der Waals surface area contributed by atoms with E-state index in [1.807, 2.05) is 30.3 Å². The lowest BCUT2D eigenvalue weighted by molar-refractivity contribution is 1.55. The van der Waals surface area contributed by atoms with Crippen molar-refractivity contribution >= 4 is 18.1 Å². The van der Waals surface area contributed by atoms with Gasteiger partial charge in [-0.25, -0.2) is 0 Å². The summed E-state index contributed by atoms with van der Waals surface area (Å²) in [6.07, 6.45) is 0. The predicted molar refractivity (Wildman–Crippen MR) is 45.3 cm³/mol. The van der Waals surface area contributed by atoms with E-state index in [1.165, 1.54) is 0 Å². The van der Waals surface area contributed by atoms with Crippen LogP contribution in [0.3, 0.4) is 0 Å². The molecule has 0 spiro atoms. The molecule has 10 heavy (non-hydrogen) atoms. The summed E-state index contributed by atoms with van der Waals surface area (Å²) >= 11 is 4.48. The Morgan fingerprint density at radius 3 is 2.40 bits per heavy atom. The maximum atomic E-state index is 4.48. The normalized spacial score (nSPS) is 8.80. The third kappa shape index (κ3) is 1.48. The summed E-state index contributed by atoms with van der Waals surface area (Å²) in [6, 6.07) is 9.67. The highest BCUT2D eigenvalue weighted by Crippen LogP contribution is 2.10. The van der Waals surface area contributed by atoms with Gasteiger partial charge in [0.15, 0.2) is 0 Å². The molecule has 0 saturated heterocycles. The molecule has 1 rings (SSSR count). The van der Waals surface area contributed by atoms with Gasteiger partial charge in [-0.2, -0.15) is 4.36 Å². The minimum absolute atomic E-state index is 0.649. The lowest BCUT2D eigenvalue weighted by atomic mass is 10.2. The Morgan fingerprint density at radius 2 is 1.90 bits per heavy atom. The van der Waals surface area contributed by atoms with E-state index in [0.29, 0.717) is 5.70 Å². The van der Waals surface area contributed by atoms with Gasteiger partial charge in [0, 0.05) is 18.0 Å². The van der Waals surface area contributed by atoms with Crippen molar-refractivity contribution in [2.24, 2.45) is 4.36 Å². The Balaban J connectivity index is 2.95. The van der Waals surface area contributed by atoms with Gasteiger partial charge >= 0.3 is 0 Å². The van der Waals surface area contributed by atoms with Gasteiger partial charge in [-0.3, -0.25) is 0 Å². The number of hydrogen-bond donors (Lipinski definition) is 0. The summed E-state index contributed by atoms with van der Waals surface area (Å²) in [5, 5.41) is 0. The van der Waals surface area contributed by atoms with E-state index < -0.39 is 0 Å². The SMILES string of the molecule is C=C(N=S)c1ccccc1. The lowest BCUT2D eigenvalue weighted by Crippen LogP contribution is -1.74. The van der Waals surface area contributed by atoms with Gasteiger partial charge in [0.25, 0.3) is 0 Å². The fourth-order valence-corrected chi connectivity index (χ4v) is 0.789. The molecule has 50 valence electrons. The molecule has 0 unspecified atom stereocenters. The Bertz CT molecular complexity index is 241. The average Bonchev–Trinajstić information content (AvgIpc) is 2.05. The smallest absolute Gasteiger partial charge is 0.0769 e. The molecule has 1 aromatic rings. The monoisotopic (exact) mass is 149 g/mol. The van der Waals surface area contributed by atoms with E-state index in [-0.39, 0.29) is 0 Å². The summed E-state index contributed by atoms with van der Waals surface area (Å²) < 4.78 is 3.55. The first kappa shape index (κ1) is 7.09. The second-order valence-corrected chi connectivity index (χ2v) is 2.09. The van der Waals surface area contributed by atoms with Crippen LogP contribution < -0.4 is 0 Å². The molecule has 0 aliphatic carbocycles. The molecule has 0 aliphatic heterocycles. The standard InChI is InChI=1S/C8H7NS/c1-7(9-10)8-5-3-2-4-6-8/h2-6H,1H2. The Labute approximate surface area is 65.6 Å². The molecular formula is C8H7NS. The highest BCUT2D eigenvalue weighted by atomic mass is 32.1. The molecule has 1 aromatic carbocycles. The zero-order chi connectivity index (χ0) is 7.40. The summed E-state index contributed by atoms with van der Waals surface area (Å²) in [4.78, 5) is 0. The van der Waals surface area contributed by atoms with Crippen molar-refractivity contribution in [2.75, 3.05) is 0 Å².